The van der Waals surface area contributed by atoms with E-state index in [0.717, 1.165) is 53.9 Å². The van der Waals surface area contributed by atoms with Crippen LogP contribution in [-0.2, 0) is 4.79 Å². The number of halogens is 3. The van der Waals surface area contributed by atoms with Crippen molar-refractivity contribution < 1.29 is 27.9 Å². The van der Waals surface area contributed by atoms with Crippen molar-refractivity contribution >= 4 is 17.4 Å². The Bertz CT molecular complexity index is 1350. The molecular weight excluding hydrogens is 485 g/mol. The Morgan fingerprint density at radius 2 is 1.59 bits per heavy atom. The van der Waals surface area contributed by atoms with Crippen LogP contribution in [0.25, 0.3) is 16.9 Å². The van der Waals surface area contributed by atoms with Crippen LogP contribution in [0, 0.1) is 29.1 Å². The van der Waals surface area contributed by atoms with Crippen molar-refractivity contribution in [3.63, 3.8) is 0 Å². The molecular formula is C27H25F3N4O3. The van der Waals surface area contributed by atoms with Gasteiger partial charge in [-0.2, -0.15) is 18.4 Å². The number of hydrogen-bond acceptors (Lipinski definition) is 4. The summed E-state index contributed by atoms with van der Waals surface area (Å²) in [7, 11) is 0. The number of hydrogen-bond donors (Lipinski definition) is 2. The molecule has 4 fully saturated rings. The van der Waals surface area contributed by atoms with Gasteiger partial charge in [0.25, 0.3) is 5.91 Å². The van der Waals surface area contributed by atoms with E-state index in [0.29, 0.717) is 11.3 Å². The van der Waals surface area contributed by atoms with E-state index in [-0.39, 0.29) is 11.4 Å². The number of aliphatic carboxylic acids is 1. The highest BCUT2D eigenvalue weighted by Gasteiger charge is 2.51. The number of nitrogens with one attached hydrogen (secondary N) is 1. The lowest BCUT2D eigenvalue weighted by Crippen LogP contribution is -2.59. The summed E-state index contributed by atoms with van der Waals surface area (Å²) in [6.07, 6.45) is 4.29. The molecule has 4 aliphatic rings. The summed E-state index contributed by atoms with van der Waals surface area (Å²) in [6, 6.07) is 15.3. The van der Waals surface area contributed by atoms with E-state index < -0.39 is 12.1 Å². The van der Waals surface area contributed by atoms with E-state index in [4.69, 9.17) is 20.1 Å². The van der Waals surface area contributed by atoms with Crippen molar-refractivity contribution in [2.24, 2.45) is 17.8 Å². The summed E-state index contributed by atoms with van der Waals surface area (Å²) in [4.78, 5) is 27.1. The van der Waals surface area contributed by atoms with Gasteiger partial charge in [0.15, 0.2) is 5.69 Å². The molecule has 4 bridgehead atoms. The first-order chi connectivity index (χ1) is 17.6. The molecule has 0 saturated heterocycles. The Balaban J connectivity index is 0.000000355. The average Bonchev–Trinajstić information content (AvgIpc) is 3.23. The summed E-state index contributed by atoms with van der Waals surface area (Å²) in [6.45, 7) is 0. The van der Waals surface area contributed by atoms with Gasteiger partial charge in [-0.05, 0) is 92.7 Å². The van der Waals surface area contributed by atoms with E-state index in [1.807, 2.05) is 40.9 Å². The second kappa shape index (κ2) is 9.21. The average molecular weight is 511 g/mol. The molecule has 37 heavy (non-hydrogen) atoms. The Kier molecular flexibility index (Phi) is 6.18. The van der Waals surface area contributed by atoms with Gasteiger partial charge >= 0.3 is 12.1 Å². The maximum atomic E-state index is 13.5. The van der Waals surface area contributed by atoms with Gasteiger partial charge in [0.1, 0.15) is 5.82 Å². The molecule has 0 spiro atoms. The molecule has 0 atom stereocenters. The topological polar surface area (TPSA) is 107 Å². The van der Waals surface area contributed by atoms with Crippen molar-refractivity contribution in [1.82, 2.24) is 14.7 Å². The normalized spacial score (nSPS) is 25.7. The lowest BCUT2D eigenvalue weighted by Gasteiger charge is -2.56. The fourth-order valence-electron chi connectivity index (χ4n) is 6.67. The number of rotatable bonds is 3. The van der Waals surface area contributed by atoms with Crippen molar-refractivity contribution in [3.05, 3.63) is 59.9 Å². The number of amides is 1. The molecule has 4 aliphatic carbocycles. The molecule has 3 aromatic rings. The number of nitrogens with zero attached hydrogens (tertiary/aromatic N) is 3. The maximum Gasteiger partial charge on any atom is 0.490 e. The Labute approximate surface area is 210 Å². The van der Waals surface area contributed by atoms with Crippen LogP contribution in [0.5, 0.6) is 0 Å². The summed E-state index contributed by atoms with van der Waals surface area (Å²) in [5, 5.41) is 19.7. The molecule has 1 aromatic carbocycles. The lowest BCUT2D eigenvalue weighted by atomic mass is 9.53. The van der Waals surface area contributed by atoms with Crippen LogP contribution < -0.4 is 5.32 Å². The third-order valence-electron chi connectivity index (χ3n) is 7.70. The SMILES string of the molecule is N#Cc1ccc(-c2nc(C(=O)NC34CC5CC(CC(C5)C3)C4)c3ccccn23)cc1.O=C(O)C(F)(F)F. The number of nitriles is 1. The van der Waals surface area contributed by atoms with Gasteiger partial charge in [-0.15, -0.1) is 0 Å². The van der Waals surface area contributed by atoms with E-state index >= 15 is 0 Å². The first-order valence-corrected chi connectivity index (χ1v) is 12.2. The number of pyridine rings is 1. The fraction of sp³-hybridized carbons (Fsp3) is 0.407. The Morgan fingerprint density at radius 3 is 2.11 bits per heavy atom. The monoisotopic (exact) mass is 510 g/mol. The molecule has 2 aromatic heterocycles. The number of aromatic nitrogens is 2. The molecule has 4 saturated carbocycles. The molecule has 2 heterocycles. The van der Waals surface area contributed by atoms with E-state index in [9.17, 15) is 18.0 Å². The number of benzene rings is 1. The van der Waals surface area contributed by atoms with Crippen LogP contribution in [0.15, 0.2) is 48.7 Å². The van der Waals surface area contributed by atoms with Crippen molar-refractivity contribution in [2.75, 3.05) is 0 Å². The van der Waals surface area contributed by atoms with Gasteiger partial charge in [0.05, 0.1) is 17.1 Å². The highest BCUT2D eigenvalue weighted by atomic mass is 19.4. The van der Waals surface area contributed by atoms with Crippen molar-refractivity contribution in [3.8, 4) is 17.5 Å². The van der Waals surface area contributed by atoms with Crippen LogP contribution in [0.1, 0.15) is 54.6 Å². The molecule has 0 aliphatic heterocycles. The number of carbonyl (C=O) groups is 2. The number of alkyl halides is 3. The first kappa shape index (κ1) is 24.8. The minimum absolute atomic E-state index is 0.0365. The first-order valence-electron chi connectivity index (χ1n) is 12.2. The van der Waals surface area contributed by atoms with Crippen molar-refractivity contribution in [1.29, 1.82) is 5.26 Å². The predicted molar refractivity (Wildman–Crippen MR) is 127 cm³/mol. The molecule has 1 amide bonds. The number of carboxylic acids is 1. The van der Waals surface area contributed by atoms with E-state index in [2.05, 4.69) is 11.4 Å². The molecule has 10 heteroatoms. The largest absolute Gasteiger partial charge is 0.490 e. The molecule has 0 radical (unpaired) electrons. The zero-order valence-corrected chi connectivity index (χ0v) is 19.8. The fourth-order valence-corrected chi connectivity index (χ4v) is 6.67. The summed E-state index contributed by atoms with van der Waals surface area (Å²) >= 11 is 0. The standard InChI is InChI=1S/C25H24N4O.C2HF3O2/c26-15-16-4-6-20(7-5-16)23-27-22(21-3-1-2-8-29(21)23)24(30)28-25-12-17-9-18(13-25)11-19(10-17)14-25;3-2(4,5)1(6)7/h1-8,17-19H,9-14H2,(H,28,30);(H,6,7). The number of carboxylic acid groups (broad SMARTS) is 1. The molecule has 192 valence electrons. The van der Waals surface area contributed by atoms with E-state index in [1.165, 1.54) is 19.3 Å². The van der Waals surface area contributed by atoms with Crippen molar-refractivity contribution in [2.45, 2.75) is 50.2 Å². The van der Waals surface area contributed by atoms with Crippen LogP contribution in [-0.4, -0.2) is 38.1 Å². The van der Waals surface area contributed by atoms with Gasteiger partial charge in [-0.3, -0.25) is 9.20 Å². The highest BCUT2D eigenvalue weighted by molar-refractivity contribution is 6.00. The summed E-state index contributed by atoms with van der Waals surface area (Å²) in [5.74, 6) is 0.261. The van der Waals surface area contributed by atoms with E-state index in [1.54, 1.807) is 12.1 Å². The minimum atomic E-state index is -5.08. The van der Waals surface area contributed by atoms with Gasteiger partial charge in [0, 0.05) is 17.3 Å². The molecule has 7 rings (SSSR count). The maximum absolute atomic E-state index is 13.5. The number of imidazole rings is 1. The van der Waals surface area contributed by atoms with Gasteiger partial charge in [-0.1, -0.05) is 6.07 Å². The van der Waals surface area contributed by atoms with Gasteiger partial charge in [0.2, 0.25) is 0 Å². The third-order valence-corrected chi connectivity index (χ3v) is 7.70. The zero-order valence-electron chi connectivity index (χ0n) is 19.8. The molecule has 0 unspecified atom stereocenters. The minimum Gasteiger partial charge on any atom is -0.475 e. The highest BCUT2D eigenvalue weighted by Crippen LogP contribution is 2.55. The van der Waals surface area contributed by atoms with Crippen LogP contribution in [0.2, 0.25) is 0 Å². The van der Waals surface area contributed by atoms with Crippen LogP contribution >= 0.6 is 0 Å². The number of fused-ring (bicyclic) bond motifs is 1. The quantitative estimate of drug-likeness (QED) is 0.503. The van der Waals surface area contributed by atoms with Crippen LogP contribution in [0.3, 0.4) is 0 Å². The van der Waals surface area contributed by atoms with Gasteiger partial charge < -0.3 is 10.4 Å². The second-order valence-electron chi connectivity index (χ2n) is 10.4. The third kappa shape index (κ3) is 4.90. The lowest BCUT2D eigenvalue weighted by molar-refractivity contribution is -0.192. The Morgan fingerprint density at radius 1 is 1.03 bits per heavy atom. The summed E-state index contributed by atoms with van der Waals surface area (Å²) < 4.78 is 33.7. The van der Waals surface area contributed by atoms with Gasteiger partial charge in [-0.25, -0.2) is 9.78 Å². The second-order valence-corrected chi connectivity index (χ2v) is 10.4. The Hall–Kier alpha value is -3.87. The molecule has 7 nitrogen and oxygen atoms in total. The zero-order chi connectivity index (χ0) is 26.4. The number of carbonyl (C=O) groups excluding carboxylic acids is 1. The predicted octanol–water partition coefficient (Wildman–Crippen LogP) is 5.20. The molecule has 2 N–H and O–H groups in total. The summed E-state index contributed by atoms with van der Waals surface area (Å²) in [5.41, 5.74) is 2.78. The van der Waals surface area contributed by atoms with Crippen LogP contribution in [0.4, 0.5) is 13.2 Å². The smallest absolute Gasteiger partial charge is 0.475 e.